The van der Waals surface area contributed by atoms with Crippen molar-refractivity contribution in [2.75, 3.05) is 11.5 Å². The van der Waals surface area contributed by atoms with E-state index in [9.17, 15) is 10.2 Å². The molecule has 0 aliphatic carbocycles. The summed E-state index contributed by atoms with van der Waals surface area (Å²) in [7, 11) is 0. The van der Waals surface area contributed by atoms with E-state index in [1.807, 2.05) is 11.8 Å². The highest BCUT2D eigenvalue weighted by molar-refractivity contribution is 7.99. The van der Waals surface area contributed by atoms with Crippen LogP contribution in [-0.4, -0.2) is 21.7 Å². The number of aryl methyl sites for hydroxylation is 2. The molecule has 3 heteroatoms. The largest absolute Gasteiger partial charge is 0.507 e. The molecule has 42 heavy (non-hydrogen) atoms. The zero-order chi connectivity index (χ0) is 31.3. The normalized spacial score (nSPS) is 12.4. The van der Waals surface area contributed by atoms with Crippen molar-refractivity contribution in [3.8, 4) is 11.5 Å². The van der Waals surface area contributed by atoms with Gasteiger partial charge in [-0.15, -0.1) is 0 Å². The Balaban J connectivity index is 2.24. The van der Waals surface area contributed by atoms with Crippen LogP contribution in [0, 0.1) is 0 Å². The van der Waals surface area contributed by atoms with Crippen molar-refractivity contribution in [3.63, 3.8) is 0 Å². The maximum atomic E-state index is 11.7. The number of phenols is 2. The van der Waals surface area contributed by atoms with Crippen molar-refractivity contribution >= 4 is 11.8 Å². The van der Waals surface area contributed by atoms with Crippen molar-refractivity contribution in [1.29, 1.82) is 0 Å². The topological polar surface area (TPSA) is 40.5 Å². The Kier molecular flexibility index (Phi) is 15.4. The molecule has 2 rings (SSSR count). The Morgan fingerprint density at radius 1 is 0.571 bits per heavy atom. The third-order valence-electron chi connectivity index (χ3n) is 8.77. The number of benzene rings is 2. The molecular weight excluding hydrogens is 532 g/mol. The zero-order valence-electron chi connectivity index (χ0n) is 28.8. The minimum absolute atomic E-state index is 0.0505. The molecule has 2 aromatic carbocycles. The van der Waals surface area contributed by atoms with E-state index in [4.69, 9.17) is 0 Å². The molecule has 0 saturated heterocycles. The molecule has 0 saturated carbocycles. The first kappa shape index (κ1) is 36.6. The van der Waals surface area contributed by atoms with Gasteiger partial charge in [-0.3, -0.25) is 0 Å². The summed E-state index contributed by atoms with van der Waals surface area (Å²) in [5, 5.41) is 23.5. The zero-order valence-corrected chi connectivity index (χ0v) is 29.6. The van der Waals surface area contributed by atoms with Gasteiger partial charge in [0.1, 0.15) is 11.5 Å². The van der Waals surface area contributed by atoms with E-state index < -0.39 is 0 Å². The summed E-state index contributed by atoms with van der Waals surface area (Å²) >= 11 is 2.04. The van der Waals surface area contributed by atoms with Crippen molar-refractivity contribution in [3.05, 3.63) is 57.6 Å². The van der Waals surface area contributed by atoms with Gasteiger partial charge in [0.25, 0.3) is 0 Å². The van der Waals surface area contributed by atoms with Crippen molar-refractivity contribution in [1.82, 2.24) is 0 Å². The Bertz CT molecular complexity index is 1000. The van der Waals surface area contributed by atoms with Crippen molar-refractivity contribution in [2.24, 2.45) is 0 Å². The lowest BCUT2D eigenvalue weighted by Crippen LogP contribution is -2.16. The second-order valence-corrected chi connectivity index (χ2v) is 15.7. The number of rotatable bonds is 18. The average Bonchev–Trinajstić information content (AvgIpc) is 2.93. The molecule has 0 aliphatic rings. The van der Waals surface area contributed by atoms with Crippen molar-refractivity contribution in [2.45, 2.75) is 163 Å². The van der Waals surface area contributed by atoms with E-state index in [1.165, 1.54) is 81.1 Å². The predicted molar refractivity (Wildman–Crippen MR) is 188 cm³/mol. The highest BCUT2D eigenvalue weighted by Gasteiger charge is 2.30. The van der Waals surface area contributed by atoms with E-state index >= 15 is 0 Å². The number of hydrogen-bond donors (Lipinski definition) is 2. The predicted octanol–water partition coefficient (Wildman–Crippen LogP) is 12.0. The van der Waals surface area contributed by atoms with Gasteiger partial charge in [-0.1, -0.05) is 144 Å². The standard InChI is InChI=1S/C39H64O2S/c1-10-13-14-15-16-17-18-19-20-21-23-42-24-22-31(32-25-29(11-2)27-34(36(32)40)38(4,5)6)33-26-30(12-3)28-35(37(33)41)39(7,8)9/h25-28,31,40-41H,10-24H2,1-9H3. The van der Waals surface area contributed by atoms with Crippen LogP contribution in [0.5, 0.6) is 11.5 Å². The lowest BCUT2D eigenvalue weighted by Gasteiger charge is -2.29. The van der Waals surface area contributed by atoms with Crippen LogP contribution in [0.15, 0.2) is 24.3 Å². The number of hydrogen-bond acceptors (Lipinski definition) is 3. The smallest absolute Gasteiger partial charge is 0.123 e. The van der Waals surface area contributed by atoms with Gasteiger partial charge in [-0.05, 0) is 70.3 Å². The van der Waals surface area contributed by atoms with Crippen LogP contribution in [0.25, 0.3) is 0 Å². The maximum Gasteiger partial charge on any atom is 0.123 e. The van der Waals surface area contributed by atoms with Gasteiger partial charge in [-0.25, -0.2) is 0 Å². The molecule has 2 nitrogen and oxygen atoms in total. The fraction of sp³-hybridized carbons (Fsp3) is 0.692. The summed E-state index contributed by atoms with van der Waals surface area (Å²) in [6.07, 6.45) is 16.4. The molecule has 0 unspecified atom stereocenters. The summed E-state index contributed by atoms with van der Waals surface area (Å²) in [6.45, 7) is 19.7. The third-order valence-corrected chi connectivity index (χ3v) is 9.88. The number of thioether (sulfide) groups is 1. The highest BCUT2D eigenvalue weighted by Crippen LogP contribution is 2.46. The van der Waals surface area contributed by atoms with Gasteiger partial charge in [0, 0.05) is 17.0 Å². The van der Waals surface area contributed by atoms with E-state index in [2.05, 4.69) is 86.6 Å². The van der Waals surface area contributed by atoms with Gasteiger partial charge in [-0.2, -0.15) is 11.8 Å². The maximum absolute atomic E-state index is 11.7. The SMILES string of the molecule is CCCCCCCCCCCCSCCC(c1cc(CC)cc(C(C)(C)C)c1O)c1cc(CC)cc(C(C)(C)C)c1O. The minimum atomic E-state index is -0.164. The van der Waals surface area contributed by atoms with Gasteiger partial charge in [0.2, 0.25) is 0 Å². The first-order valence-corrected chi connectivity index (χ1v) is 18.3. The van der Waals surface area contributed by atoms with Gasteiger partial charge >= 0.3 is 0 Å². The molecule has 0 amide bonds. The quantitative estimate of drug-likeness (QED) is 0.168. The Morgan fingerprint density at radius 2 is 0.976 bits per heavy atom. The highest BCUT2D eigenvalue weighted by atomic mass is 32.2. The van der Waals surface area contributed by atoms with E-state index in [0.29, 0.717) is 11.5 Å². The molecule has 0 heterocycles. The van der Waals surface area contributed by atoms with Crippen LogP contribution >= 0.6 is 11.8 Å². The molecule has 0 fully saturated rings. The monoisotopic (exact) mass is 596 g/mol. The Hall–Kier alpha value is -1.61. The molecule has 238 valence electrons. The Morgan fingerprint density at radius 3 is 1.36 bits per heavy atom. The summed E-state index contributed by atoms with van der Waals surface area (Å²) in [6, 6.07) is 8.77. The fourth-order valence-electron chi connectivity index (χ4n) is 5.99. The molecule has 0 atom stereocenters. The molecule has 0 spiro atoms. The van der Waals surface area contributed by atoms with Crippen LogP contribution in [0.3, 0.4) is 0 Å². The first-order valence-electron chi connectivity index (χ1n) is 17.1. The summed E-state index contributed by atoms with van der Waals surface area (Å²) in [5.41, 5.74) is 6.12. The van der Waals surface area contributed by atoms with Crippen LogP contribution in [0.4, 0.5) is 0 Å². The number of unbranched alkanes of at least 4 members (excludes halogenated alkanes) is 9. The van der Waals surface area contributed by atoms with Crippen LogP contribution < -0.4 is 0 Å². The molecule has 0 bridgehead atoms. The second-order valence-electron chi connectivity index (χ2n) is 14.5. The number of phenolic OH excluding ortho intramolecular Hbond substituents is 2. The molecule has 0 aromatic heterocycles. The lowest BCUT2D eigenvalue weighted by atomic mass is 9.77. The van der Waals surface area contributed by atoms with Gasteiger partial charge in [0.05, 0.1) is 0 Å². The molecule has 0 aliphatic heterocycles. The van der Waals surface area contributed by atoms with Crippen LogP contribution in [-0.2, 0) is 23.7 Å². The van der Waals surface area contributed by atoms with Crippen LogP contribution in [0.1, 0.15) is 172 Å². The second kappa shape index (κ2) is 17.6. The minimum Gasteiger partial charge on any atom is -0.507 e. The lowest BCUT2D eigenvalue weighted by molar-refractivity contribution is 0.426. The van der Waals surface area contributed by atoms with Gasteiger partial charge in [0.15, 0.2) is 0 Å². The molecule has 2 N–H and O–H groups in total. The van der Waals surface area contributed by atoms with E-state index in [-0.39, 0.29) is 16.7 Å². The summed E-state index contributed by atoms with van der Waals surface area (Å²) < 4.78 is 0. The fourth-order valence-corrected chi connectivity index (χ4v) is 7.01. The van der Waals surface area contributed by atoms with Crippen LogP contribution in [0.2, 0.25) is 0 Å². The van der Waals surface area contributed by atoms with E-state index in [0.717, 1.165) is 47.3 Å². The average molecular weight is 597 g/mol. The molecule has 2 aromatic rings. The van der Waals surface area contributed by atoms with Crippen molar-refractivity contribution < 1.29 is 10.2 Å². The van der Waals surface area contributed by atoms with E-state index in [1.54, 1.807) is 0 Å². The van der Waals surface area contributed by atoms with Gasteiger partial charge < -0.3 is 10.2 Å². The molecule has 0 radical (unpaired) electrons. The molecular formula is C39H64O2S. The summed E-state index contributed by atoms with van der Waals surface area (Å²) in [4.78, 5) is 0. The third kappa shape index (κ3) is 11.1. The Labute approximate surface area is 264 Å². The first-order chi connectivity index (χ1) is 19.8. The summed E-state index contributed by atoms with van der Waals surface area (Å²) in [5.74, 6) is 2.96. The number of aromatic hydroxyl groups is 2.